The summed E-state index contributed by atoms with van der Waals surface area (Å²) in [5.74, 6) is 0.211. The van der Waals surface area contributed by atoms with Gasteiger partial charge >= 0.3 is 0 Å². The molecule has 0 atom stereocenters. The Labute approximate surface area is 196 Å². The van der Waals surface area contributed by atoms with Crippen molar-refractivity contribution < 1.29 is 17.9 Å². The number of ether oxygens (including phenoxy) is 1. The van der Waals surface area contributed by atoms with Gasteiger partial charge in [-0.25, -0.2) is 8.42 Å². The van der Waals surface area contributed by atoms with E-state index in [0.29, 0.717) is 33.4 Å². The van der Waals surface area contributed by atoms with E-state index in [1.807, 2.05) is 0 Å². The number of carbonyl (C=O) groups excluding carboxylic acids is 1. The summed E-state index contributed by atoms with van der Waals surface area (Å²) >= 11 is 6.06. The highest BCUT2D eigenvalue weighted by Gasteiger charge is 2.17. The molecule has 0 aliphatic carbocycles. The monoisotopic (exact) mass is 481 g/mol. The Morgan fingerprint density at radius 3 is 2.45 bits per heavy atom. The SMILES string of the molecule is COc1ccc(NS(=O)(=O)c2cccc(NC(=O)c3cc4cc(Cl)ccc4nc3C)c2)cc1. The molecule has 0 unspecified atom stereocenters. The van der Waals surface area contributed by atoms with Crippen LogP contribution < -0.4 is 14.8 Å². The summed E-state index contributed by atoms with van der Waals surface area (Å²) in [4.78, 5) is 17.4. The smallest absolute Gasteiger partial charge is 0.261 e. The van der Waals surface area contributed by atoms with Gasteiger partial charge in [0.15, 0.2) is 0 Å². The predicted octanol–water partition coefficient (Wildman–Crippen LogP) is 5.26. The molecule has 33 heavy (non-hydrogen) atoms. The summed E-state index contributed by atoms with van der Waals surface area (Å²) in [6.07, 6.45) is 0. The van der Waals surface area contributed by atoms with E-state index in [2.05, 4.69) is 15.0 Å². The molecule has 1 amide bonds. The van der Waals surface area contributed by atoms with Crippen LogP contribution >= 0.6 is 11.6 Å². The highest BCUT2D eigenvalue weighted by Crippen LogP contribution is 2.24. The Hall–Kier alpha value is -3.62. The molecule has 168 valence electrons. The first kappa shape index (κ1) is 22.6. The van der Waals surface area contributed by atoms with E-state index < -0.39 is 15.9 Å². The molecule has 0 radical (unpaired) electrons. The predicted molar refractivity (Wildman–Crippen MR) is 130 cm³/mol. The number of benzene rings is 3. The van der Waals surface area contributed by atoms with Crippen LogP contribution in [0.25, 0.3) is 10.9 Å². The van der Waals surface area contributed by atoms with Gasteiger partial charge in [0.1, 0.15) is 5.75 Å². The average Bonchev–Trinajstić information content (AvgIpc) is 2.79. The number of fused-ring (bicyclic) bond motifs is 1. The quantitative estimate of drug-likeness (QED) is 0.391. The van der Waals surface area contributed by atoms with Crippen molar-refractivity contribution in [2.24, 2.45) is 0 Å². The molecule has 0 saturated heterocycles. The first-order chi connectivity index (χ1) is 15.7. The second-order valence-corrected chi connectivity index (χ2v) is 9.39. The number of nitrogens with zero attached hydrogens (tertiary/aromatic N) is 1. The lowest BCUT2D eigenvalue weighted by Gasteiger charge is -2.12. The largest absolute Gasteiger partial charge is 0.497 e. The van der Waals surface area contributed by atoms with Crippen LogP contribution in [0.15, 0.2) is 77.7 Å². The molecule has 2 N–H and O–H groups in total. The van der Waals surface area contributed by atoms with Crippen LogP contribution in [0.3, 0.4) is 0 Å². The molecular formula is C24H20ClN3O4S. The van der Waals surface area contributed by atoms with Gasteiger partial charge < -0.3 is 10.1 Å². The van der Waals surface area contributed by atoms with Crippen LogP contribution in [0.4, 0.5) is 11.4 Å². The number of anilines is 2. The zero-order chi connectivity index (χ0) is 23.6. The number of aromatic nitrogens is 1. The van der Waals surface area contributed by atoms with Gasteiger partial charge in [-0.05, 0) is 73.7 Å². The number of hydrogen-bond donors (Lipinski definition) is 2. The first-order valence-corrected chi connectivity index (χ1v) is 11.8. The van der Waals surface area contributed by atoms with Crippen LogP contribution in [-0.2, 0) is 10.0 Å². The molecule has 0 saturated carbocycles. The number of nitrogens with one attached hydrogen (secondary N) is 2. The summed E-state index contributed by atoms with van der Waals surface area (Å²) < 4.78 is 33.2. The molecule has 0 fully saturated rings. The zero-order valence-electron chi connectivity index (χ0n) is 17.8. The molecular weight excluding hydrogens is 462 g/mol. The molecule has 0 aliphatic rings. The fourth-order valence-electron chi connectivity index (χ4n) is 3.29. The molecule has 4 rings (SSSR count). The lowest BCUT2D eigenvalue weighted by molar-refractivity contribution is 0.102. The van der Waals surface area contributed by atoms with Crippen molar-refractivity contribution in [2.45, 2.75) is 11.8 Å². The van der Waals surface area contributed by atoms with E-state index in [9.17, 15) is 13.2 Å². The van der Waals surface area contributed by atoms with Gasteiger partial charge in [0.2, 0.25) is 0 Å². The fraction of sp³-hybridized carbons (Fsp3) is 0.0833. The molecule has 3 aromatic carbocycles. The highest BCUT2D eigenvalue weighted by atomic mass is 35.5. The molecule has 1 heterocycles. The van der Waals surface area contributed by atoms with E-state index in [-0.39, 0.29) is 4.90 Å². The molecule has 4 aromatic rings. The number of pyridine rings is 1. The highest BCUT2D eigenvalue weighted by molar-refractivity contribution is 7.92. The third kappa shape index (κ3) is 5.08. The molecule has 0 spiro atoms. The van der Waals surface area contributed by atoms with Crippen molar-refractivity contribution in [3.05, 3.63) is 89.1 Å². The van der Waals surface area contributed by atoms with E-state index >= 15 is 0 Å². The molecule has 7 nitrogen and oxygen atoms in total. The Kier molecular flexibility index (Phi) is 6.22. The van der Waals surface area contributed by atoms with E-state index in [1.165, 1.54) is 19.2 Å². The van der Waals surface area contributed by atoms with Crippen LogP contribution in [0.2, 0.25) is 5.02 Å². The van der Waals surface area contributed by atoms with Gasteiger partial charge in [-0.1, -0.05) is 17.7 Å². The average molecular weight is 482 g/mol. The van der Waals surface area contributed by atoms with Crippen LogP contribution in [0.1, 0.15) is 16.1 Å². The van der Waals surface area contributed by atoms with Crippen LogP contribution in [-0.4, -0.2) is 26.4 Å². The van der Waals surface area contributed by atoms with Gasteiger partial charge in [0, 0.05) is 21.8 Å². The normalized spacial score (nSPS) is 11.2. The lowest BCUT2D eigenvalue weighted by Crippen LogP contribution is -2.16. The Morgan fingerprint density at radius 2 is 1.73 bits per heavy atom. The van der Waals surface area contributed by atoms with E-state index in [4.69, 9.17) is 16.3 Å². The summed E-state index contributed by atoms with van der Waals surface area (Å²) in [5, 5.41) is 4.03. The van der Waals surface area contributed by atoms with Gasteiger partial charge in [-0.15, -0.1) is 0 Å². The summed E-state index contributed by atoms with van der Waals surface area (Å²) in [6.45, 7) is 1.74. The Bertz CT molecular complexity index is 1450. The van der Waals surface area contributed by atoms with Crippen molar-refractivity contribution in [1.29, 1.82) is 0 Å². The van der Waals surface area contributed by atoms with Crippen molar-refractivity contribution in [2.75, 3.05) is 17.1 Å². The second-order valence-electron chi connectivity index (χ2n) is 7.27. The van der Waals surface area contributed by atoms with Crippen molar-refractivity contribution in [1.82, 2.24) is 4.98 Å². The second kappa shape index (κ2) is 9.09. The topological polar surface area (TPSA) is 97.4 Å². The third-order valence-electron chi connectivity index (χ3n) is 4.96. The lowest BCUT2D eigenvalue weighted by atomic mass is 10.1. The van der Waals surface area contributed by atoms with E-state index in [0.717, 1.165) is 10.9 Å². The molecule has 0 bridgehead atoms. The van der Waals surface area contributed by atoms with E-state index in [1.54, 1.807) is 67.6 Å². The van der Waals surface area contributed by atoms with Gasteiger partial charge in [-0.2, -0.15) is 0 Å². The maximum absolute atomic E-state index is 12.9. The fourth-order valence-corrected chi connectivity index (χ4v) is 4.57. The summed E-state index contributed by atoms with van der Waals surface area (Å²) in [5.41, 5.74) is 2.37. The van der Waals surface area contributed by atoms with Gasteiger partial charge in [0.05, 0.1) is 28.8 Å². The minimum atomic E-state index is -3.87. The van der Waals surface area contributed by atoms with Gasteiger partial charge in [-0.3, -0.25) is 14.5 Å². The van der Waals surface area contributed by atoms with Crippen molar-refractivity contribution >= 4 is 49.8 Å². The Balaban J connectivity index is 1.57. The van der Waals surface area contributed by atoms with Crippen LogP contribution in [0, 0.1) is 6.92 Å². The zero-order valence-corrected chi connectivity index (χ0v) is 19.4. The number of aryl methyl sites for hydroxylation is 1. The number of rotatable bonds is 6. The maximum atomic E-state index is 12.9. The number of sulfonamides is 1. The van der Waals surface area contributed by atoms with Crippen molar-refractivity contribution in [3.8, 4) is 5.75 Å². The standard InChI is InChI=1S/C24H20ClN3O4S/c1-15-22(13-16-12-17(25)6-11-23(16)26-15)24(29)27-19-4-3-5-21(14-19)33(30,31)28-18-7-9-20(32-2)10-8-18/h3-14,28H,1-2H3,(H,27,29). The molecule has 0 aliphatic heterocycles. The number of carbonyl (C=O) groups is 1. The number of methoxy groups -OCH3 is 1. The summed E-state index contributed by atoms with van der Waals surface area (Å²) in [7, 11) is -2.34. The van der Waals surface area contributed by atoms with Gasteiger partial charge in [0.25, 0.3) is 15.9 Å². The number of halogens is 1. The minimum Gasteiger partial charge on any atom is -0.497 e. The molecule has 9 heteroatoms. The molecule has 1 aromatic heterocycles. The number of amides is 1. The Morgan fingerprint density at radius 1 is 0.970 bits per heavy atom. The number of hydrogen-bond acceptors (Lipinski definition) is 5. The van der Waals surface area contributed by atoms with Crippen LogP contribution in [0.5, 0.6) is 5.75 Å². The summed E-state index contributed by atoms with van der Waals surface area (Å²) in [6, 6.07) is 19.5. The minimum absolute atomic E-state index is 0.0104. The van der Waals surface area contributed by atoms with Crippen molar-refractivity contribution in [3.63, 3.8) is 0 Å². The first-order valence-electron chi connectivity index (χ1n) is 9.90. The maximum Gasteiger partial charge on any atom is 0.261 e. The third-order valence-corrected chi connectivity index (χ3v) is 6.57.